The highest BCUT2D eigenvalue weighted by Crippen LogP contribution is 2.19. The summed E-state index contributed by atoms with van der Waals surface area (Å²) in [6.45, 7) is 0.954. The summed E-state index contributed by atoms with van der Waals surface area (Å²) in [5.41, 5.74) is 0.971. The maximum Gasteiger partial charge on any atom is 0.245 e. The summed E-state index contributed by atoms with van der Waals surface area (Å²) < 4.78 is 24.8. The van der Waals surface area contributed by atoms with Gasteiger partial charge in [-0.25, -0.2) is 8.78 Å². The van der Waals surface area contributed by atoms with Crippen molar-refractivity contribution >= 4 is 0 Å². The van der Waals surface area contributed by atoms with Crippen LogP contribution in [0, 0.1) is 0 Å². The fourth-order valence-corrected chi connectivity index (χ4v) is 1.01. The summed E-state index contributed by atoms with van der Waals surface area (Å²) in [4.78, 5) is 0. The minimum absolute atomic E-state index is 0.0724. The third kappa shape index (κ3) is 3.46. The SMILES string of the molecule is CC(F)(F)CCc1ccccc1. The van der Waals surface area contributed by atoms with Crippen LogP contribution < -0.4 is 0 Å². The van der Waals surface area contributed by atoms with E-state index in [1.807, 2.05) is 30.3 Å². The van der Waals surface area contributed by atoms with E-state index in [1.165, 1.54) is 0 Å². The molecule has 0 heterocycles. The monoisotopic (exact) mass is 170 g/mol. The van der Waals surface area contributed by atoms with Crippen LogP contribution in [-0.2, 0) is 6.42 Å². The number of benzene rings is 1. The second kappa shape index (κ2) is 3.65. The molecule has 0 aromatic heterocycles. The molecule has 66 valence electrons. The number of aryl methyl sites for hydroxylation is 1. The van der Waals surface area contributed by atoms with Crippen molar-refractivity contribution in [3.05, 3.63) is 35.9 Å². The number of alkyl halides is 2. The van der Waals surface area contributed by atoms with E-state index in [1.54, 1.807) is 0 Å². The molecule has 1 rings (SSSR count). The lowest BCUT2D eigenvalue weighted by molar-refractivity contribution is 0.0133. The lowest BCUT2D eigenvalue weighted by atomic mass is 10.1. The van der Waals surface area contributed by atoms with Gasteiger partial charge >= 0.3 is 0 Å². The molecular weight excluding hydrogens is 158 g/mol. The van der Waals surface area contributed by atoms with Crippen LogP contribution in [0.5, 0.6) is 0 Å². The molecule has 1 aromatic carbocycles. The van der Waals surface area contributed by atoms with Crippen LogP contribution in [0.1, 0.15) is 18.9 Å². The Bertz CT molecular complexity index is 223. The molecule has 0 unspecified atom stereocenters. The van der Waals surface area contributed by atoms with Gasteiger partial charge in [0.1, 0.15) is 0 Å². The van der Waals surface area contributed by atoms with Crippen LogP contribution in [0.3, 0.4) is 0 Å². The molecule has 0 radical (unpaired) electrons. The summed E-state index contributed by atoms with van der Waals surface area (Å²) in [7, 11) is 0. The van der Waals surface area contributed by atoms with E-state index in [2.05, 4.69) is 0 Å². The highest BCUT2D eigenvalue weighted by Gasteiger charge is 2.19. The van der Waals surface area contributed by atoms with Gasteiger partial charge < -0.3 is 0 Å². The summed E-state index contributed by atoms with van der Waals surface area (Å²) in [5.74, 6) is -2.55. The Morgan fingerprint density at radius 2 is 1.75 bits per heavy atom. The normalized spacial score (nSPS) is 11.6. The molecule has 12 heavy (non-hydrogen) atoms. The van der Waals surface area contributed by atoms with Crippen LogP contribution in [-0.4, -0.2) is 5.92 Å². The van der Waals surface area contributed by atoms with E-state index in [4.69, 9.17) is 0 Å². The van der Waals surface area contributed by atoms with Gasteiger partial charge in [0.25, 0.3) is 0 Å². The summed E-state index contributed by atoms with van der Waals surface area (Å²) in [5, 5.41) is 0. The molecule has 0 N–H and O–H groups in total. The molecule has 0 saturated carbocycles. The van der Waals surface area contributed by atoms with E-state index in [-0.39, 0.29) is 6.42 Å². The molecule has 0 aliphatic carbocycles. The standard InChI is InChI=1S/C10H12F2/c1-10(11,12)8-7-9-5-3-2-4-6-9/h2-6H,7-8H2,1H3. The van der Waals surface area contributed by atoms with Gasteiger partial charge in [-0.05, 0) is 18.9 Å². The minimum atomic E-state index is -2.55. The Hall–Kier alpha value is -0.920. The average Bonchev–Trinajstić information content (AvgIpc) is 2.02. The Morgan fingerprint density at radius 3 is 2.25 bits per heavy atom. The van der Waals surface area contributed by atoms with Crippen molar-refractivity contribution in [2.45, 2.75) is 25.7 Å². The predicted molar refractivity (Wildman–Crippen MR) is 45.4 cm³/mol. The quantitative estimate of drug-likeness (QED) is 0.653. The van der Waals surface area contributed by atoms with Gasteiger partial charge in [0.2, 0.25) is 5.92 Å². The van der Waals surface area contributed by atoms with Crippen LogP contribution in [0.15, 0.2) is 30.3 Å². The first-order chi connectivity index (χ1) is 5.58. The largest absolute Gasteiger partial charge is 0.245 e. The lowest BCUT2D eigenvalue weighted by Crippen LogP contribution is -2.10. The minimum Gasteiger partial charge on any atom is -0.207 e. The maximum atomic E-state index is 12.4. The molecule has 0 nitrogen and oxygen atoms in total. The molecule has 0 spiro atoms. The Balaban J connectivity index is 2.44. The molecule has 2 heteroatoms. The van der Waals surface area contributed by atoms with Gasteiger partial charge in [-0.2, -0.15) is 0 Å². The van der Waals surface area contributed by atoms with Crippen molar-refractivity contribution in [1.29, 1.82) is 0 Å². The molecule has 0 bridgehead atoms. The fourth-order valence-electron chi connectivity index (χ4n) is 1.01. The van der Waals surface area contributed by atoms with Crippen molar-refractivity contribution in [2.24, 2.45) is 0 Å². The predicted octanol–water partition coefficient (Wildman–Crippen LogP) is 3.27. The van der Waals surface area contributed by atoms with Gasteiger partial charge in [0, 0.05) is 6.42 Å². The molecule has 0 aliphatic rings. The topological polar surface area (TPSA) is 0 Å². The smallest absolute Gasteiger partial charge is 0.207 e. The van der Waals surface area contributed by atoms with E-state index < -0.39 is 5.92 Å². The molecule has 0 saturated heterocycles. The maximum absolute atomic E-state index is 12.4. The highest BCUT2D eigenvalue weighted by molar-refractivity contribution is 5.14. The van der Waals surface area contributed by atoms with Gasteiger partial charge in [-0.15, -0.1) is 0 Å². The van der Waals surface area contributed by atoms with Gasteiger partial charge in [-0.3, -0.25) is 0 Å². The Morgan fingerprint density at radius 1 is 1.17 bits per heavy atom. The number of rotatable bonds is 3. The third-order valence-electron chi connectivity index (χ3n) is 1.70. The van der Waals surface area contributed by atoms with Gasteiger partial charge in [-0.1, -0.05) is 30.3 Å². The van der Waals surface area contributed by atoms with Crippen molar-refractivity contribution in [1.82, 2.24) is 0 Å². The van der Waals surface area contributed by atoms with Crippen LogP contribution in [0.4, 0.5) is 8.78 Å². The van der Waals surface area contributed by atoms with E-state index in [0.29, 0.717) is 6.42 Å². The zero-order chi connectivity index (χ0) is 9.03. The van der Waals surface area contributed by atoms with Crippen molar-refractivity contribution < 1.29 is 8.78 Å². The van der Waals surface area contributed by atoms with E-state index in [0.717, 1.165) is 12.5 Å². The summed E-state index contributed by atoms with van der Waals surface area (Å²) in [6, 6.07) is 9.34. The molecule has 0 fully saturated rings. The van der Waals surface area contributed by atoms with Crippen LogP contribution >= 0.6 is 0 Å². The molecular formula is C10H12F2. The van der Waals surface area contributed by atoms with Crippen molar-refractivity contribution in [3.8, 4) is 0 Å². The second-order valence-corrected chi connectivity index (χ2v) is 3.06. The zero-order valence-electron chi connectivity index (χ0n) is 7.06. The first-order valence-electron chi connectivity index (χ1n) is 4.00. The number of hydrogen-bond donors (Lipinski definition) is 0. The molecule has 0 atom stereocenters. The number of hydrogen-bond acceptors (Lipinski definition) is 0. The third-order valence-corrected chi connectivity index (χ3v) is 1.70. The Kier molecular flexibility index (Phi) is 2.79. The Labute approximate surface area is 71.2 Å². The molecule has 1 aromatic rings. The zero-order valence-corrected chi connectivity index (χ0v) is 7.06. The first-order valence-corrected chi connectivity index (χ1v) is 4.00. The van der Waals surface area contributed by atoms with E-state index in [9.17, 15) is 8.78 Å². The van der Waals surface area contributed by atoms with Crippen molar-refractivity contribution in [3.63, 3.8) is 0 Å². The van der Waals surface area contributed by atoms with Crippen molar-refractivity contribution in [2.75, 3.05) is 0 Å². The average molecular weight is 170 g/mol. The van der Waals surface area contributed by atoms with E-state index >= 15 is 0 Å². The fraction of sp³-hybridized carbons (Fsp3) is 0.400. The van der Waals surface area contributed by atoms with Crippen LogP contribution in [0.2, 0.25) is 0 Å². The van der Waals surface area contributed by atoms with Crippen LogP contribution in [0.25, 0.3) is 0 Å². The van der Waals surface area contributed by atoms with Gasteiger partial charge in [0.05, 0.1) is 0 Å². The van der Waals surface area contributed by atoms with Gasteiger partial charge in [0.15, 0.2) is 0 Å². The number of halogens is 2. The lowest BCUT2D eigenvalue weighted by Gasteiger charge is -2.08. The first kappa shape index (κ1) is 9.17. The molecule has 0 aliphatic heterocycles. The second-order valence-electron chi connectivity index (χ2n) is 3.06. The summed E-state index contributed by atoms with van der Waals surface area (Å²) >= 11 is 0. The highest BCUT2D eigenvalue weighted by atomic mass is 19.3. The molecule has 0 amide bonds. The summed E-state index contributed by atoms with van der Waals surface area (Å²) in [6.07, 6.45) is 0.376.